The molecular weight excluding hydrogens is 180 g/mol. The predicted molar refractivity (Wildman–Crippen MR) is 57.0 cm³/mol. The largest absolute Gasteiger partial charge is 0.395 e. The molecule has 1 N–H and O–H groups in total. The summed E-state index contributed by atoms with van der Waals surface area (Å²) < 4.78 is 0. The average Bonchev–Trinajstić information content (AvgIpc) is 2.17. The zero-order valence-corrected chi connectivity index (χ0v) is 9.06. The van der Waals surface area contributed by atoms with E-state index in [1.807, 2.05) is 0 Å². The highest BCUT2D eigenvalue weighted by Gasteiger charge is 2.10. The van der Waals surface area contributed by atoms with Crippen molar-refractivity contribution in [1.82, 2.24) is 4.90 Å². The molecule has 1 atom stereocenters. The lowest BCUT2D eigenvalue weighted by Crippen LogP contribution is -2.37. The molecule has 0 saturated heterocycles. The quantitative estimate of drug-likeness (QED) is 0.368. The van der Waals surface area contributed by atoms with Gasteiger partial charge in [0.15, 0.2) is 0 Å². The molecule has 0 aromatic heterocycles. The Bertz CT molecular complexity index is 180. The van der Waals surface area contributed by atoms with Crippen molar-refractivity contribution in [2.45, 2.75) is 32.7 Å². The third-order valence-electron chi connectivity index (χ3n) is 2.27. The maximum absolute atomic E-state index is 8.87. The molecule has 1 unspecified atom stereocenters. The Hall–Kier alpha value is -0.770. The van der Waals surface area contributed by atoms with Crippen molar-refractivity contribution in [3.8, 4) is 0 Å². The van der Waals surface area contributed by atoms with Crippen LogP contribution in [0.15, 0.2) is 5.11 Å². The zero-order chi connectivity index (χ0) is 10.8. The van der Waals surface area contributed by atoms with Gasteiger partial charge in [0, 0.05) is 30.6 Å². The highest BCUT2D eigenvalue weighted by atomic mass is 16.3. The summed E-state index contributed by atoms with van der Waals surface area (Å²) in [5.41, 5.74) is 8.14. The minimum Gasteiger partial charge on any atom is -0.395 e. The van der Waals surface area contributed by atoms with E-state index in [-0.39, 0.29) is 6.61 Å². The molecule has 0 radical (unpaired) electrons. The number of hydrogen-bond donors (Lipinski definition) is 1. The lowest BCUT2D eigenvalue weighted by molar-refractivity contribution is 0.156. The van der Waals surface area contributed by atoms with Crippen LogP contribution in [0.3, 0.4) is 0 Å². The summed E-state index contributed by atoms with van der Waals surface area (Å²) in [6, 6.07) is 0.445. The van der Waals surface area contributed by atoms with Crippen molar-refractivity contribution in [2.24, 2.45) is 5.11 Å². The van der Waals surface area contributed by atoms with Gasteiger partial charge in [-0.25, -0.2) is 0 Å². The second kappa shape index (κ2) is 8.81. The Morgan fingerprint density at radius 1 is 1.50 bits per heavy atom. The molecule has 0 saturated carbocycles. The van der Waals surface area contributed by atoms with Crippen LogP contribution >= 0.6 is 0 Å². The van der Waals surface area contributed by atoms with Gasteiger partial charge in [-0.2, -0.15) is 0 Å². The Morgan fingerprint density at radius 3 is 2.71 bits per heavy atom. The van der Waals surface area contributed by atoms with Crippen LogP contribution < -0.4 is 0 Å². The maximum Gasteiger partial charge on any atom is 0.0558 e. The van der Waals surface area contributed by atoms with Crippen LogP contribution in [0.5, 0.6) is 0 Å². The summed E-state index contributed by atoms with van der Waals surface area (Å²) in [6.07, 6.45) is 2.24. The second-order valence-electron chi connectivity index (χ2n) is 3.35. The van der Waals surface area contributed by atoms with Crippen molar-refractivity contribution in [2.75, 3.05) is 26.2 Å². The topological polar surface area (TPSA) is 72.2 Å². The van der Waals surface area contributed by atoms with Gasteiger partial charge >= 0.3 is 0 Å². The molecule has 0 fully saturated rings. The van der Waals surface area contributed by atoms with E-state index in [1.54, 1.807) is 0 Å². The first-order chi connectivity index (χ1) is 6.76. The standard InChI is InChI=1S/C9H20N4O/c1-3-4-9(2)13(7-8-14)6-5-11-12-10/h9,14H,3-8H2,1-2H3. The minimum absolute atomic E-state index is 0.157. The van der Waals surface area contributed by atoms with E-state index < -0.39 is 0 Å². The lowest BCUT2D eigenvalue weighted by Gasteiger charge is -2.27. The third kappa shape index (κ3) is 5.80. The molecule has 5 nitrogen and oxygen atoms in total. The molecule has 0 aromatic rings. The fourth-order valence-electron chi connectivity index (χ4n) is 1.50. The number of nitrogens with zero attached hydrogens (tertiary/aromatic N) is 4. The second-order valence-corrected chi connectivity index (χ2v) is 3.35. The SMILES string of the molecule is CCCC(C)N(CCO)CCN=[N+]=[N-]. The first kappa shape index (κ1) is 13.2. The Morgan fingerprint density at radius 2 is 2.21 bits per heavy atom. The monoisotopic (exact) mass is 200 g/mol. The summed E-state index contributed by atoms with van der Waals surface area (Å²) in [4.78, 5) is 4.86. The molecule has 0 aliphatic heterocycles. The highest BCUT2D eigenvalue weighted by Crippen LogP contribution is 2.05. The van der Waals surface area contributed by atoms with E-state index >= 15 is 0 Å². The van der Waals surface area contributed by atoms with Gasteiger partial charge in [-0.15, -0.1) is 0 Å². The van der Waals surface area contributed by atoms with E-state index in [4.69, 9.17) is 10.6 Å². The number of rotatable bonds is 8. The first-order valence-corrected chi connectivity index (χ1v) is 5.12. The van der Waals surface area contributed by atoms with E-state index in [1.165, 1.54) is 0 Å². The summed E-state index contributed by atoms with van der Waals surface area (Å²) in [7, 11) is 0. The molecule has 0 bridgehead atoms. The molecular formula is C9H20N4O. The van der Waals surface area contributed by atoms with Crippen LogP contribution in [-0.2, 0) is 0 Å². The molecule has 5 heteroatoms. The van der Waals surface area contributed by atoms with E-state index in [9.17, 15) is 0 Å². The molecule has 0 aromatic carbocycles. The zero-order valence-electron chi connectivity index (χ0n) is 9.06. The van der Waals surface area contributed by atoms with Gasteiger partial charge in [-0.1, -0.05) is 18.5 Å². The van der Waals surface area contributed by atoms with Gasteiger partial charge in [0.1, 0.15) is 0 Å². The summed E-state index contributed by atoms with van der Waals surface area (Å²) in [6.45, 7) is 6.29. The van der Waals surface area contributed by atoms with Crippen LogP contribution in [0.1, 0.15) is 26.7 Å². The fraction of sp³-hybridized carbons (Fsp3) is 1.00. The first-order valence-electron chi connectivity index (χ1n) is 5.12. The van der Waals surface area contributed by atoms with E-state index in [2.05, 4.69) is 28.8 Å². The molecule has 0 spiro atoms. The van der Waals surface area contributed by atoms with E-state index in [0.29, 0.717) is 19.1 Å². The van der Waals surface area contributed by atoms with Gasteiger partial charge in [0.25, 0.3) is 0 Å². The molecule has 14 heavy (non-hydrogen) atoms. The lowest BCUT2D eigenvalue weighted by atomic mass is 10.1. The van der Waals surface area contributed by atoms with Crippen LogP contribution in [0.25, 0.3) is 10.4 Å². The maximum atomic E-state index is 8.87. The van der Waals surface area contributed by atoms with Crippen molar-refractivity contribution in [3.05, 3.63) is 10.4 Å². The van der Waals surface area contributed by atoms with Crippen molar-refractivity contribution in [3.63, 3.8) is 0 Å². The average molecular weight is 200 g/mol. The Balaban J connectivity index is 3.91. The minimum atomic E-state index is 0.157. The number of aliphatic hydroxyl groups is 1. The number of aliphatic hydroxyl groups excluding tert-OH is 1. The molecule has 0 aliphatic rings. The van der Waals surface area contributed by atoms with Crippen molar-refractivity contribution in [1.29, 1.82) is 0 Å². The third-order valence-corrected chi connectivity index (χ3v) is 2.27. The van der Waals surface area contributed by atoms with Gasteiger partial charge in [-0.3, -0.25) is 4.90 Å². The molecule has 82 valence electrons. The van der Waals surface area contributed by atoms with Crippen LogP contribution in [0.2, 0.25) is 0 Å². The van der Waals surface area contributed by atoms with Gasteiger partial charge in [0.05, 0.1) is 6.61 Å². The molecule has 0 aliphatic carbocycles. The fourth-order valence-corrected chi connectivity index (χ4v) is 1.50. The predicted octanol–water partition coefficient (Wildman–Crippen LogP) is 1.78. The van der Waals surface area contributed by atoms with Crippen molar-refractivity contribution >= 4 is 0 Å². The smallest absolute Gasteiger partial charge is 0.0558 e. The van der Waals surface area contributed by atoms with Gasteiger partial charge in [0.2, 0.25) is 0 Å². The Labute approximate surface area is 85.3 Å². The van der Waals surface area contributed by atoms with Crippen LogP contribution in [0.4, 0.5) is 0 Å². The van der Waals surface area contributed by atoms with Gasteiger partial charge in [-0.05, 0) is 18.9 Å². The van der Waals surface area contributed by atoms with Crippen LogP contribution in [0, 0.1) is 0 Å². The molecule has 0 heterocycles. The highest BCUT2D eigenvalue weighted by molar-refractivity contribution is 4.67. The van der Waals surface area contributed by atoms with Gasteiger partial charge < -0.3 is 5.11 Å². The Kier molecular flexibility index (Phi) is 8.33. The van der Waals surface area contributed by atoms with Crippen molar-refractivity contribution < 1.29 is 5.11 Å². The summed E-state index contributed by atoms with van der Waals surface area (Å²) >= 11 is 0. The normalized spacial score (nSPS) is 12.6. The summed E-state index contributed by atoms with van der Waals surface area (Å²) in [5.74, 6) is 0. The number of azide groups is 1. The van der Waals surface area contributed by atoms with E-state index in [0.717, 1.165) is 19.4 Å². The molecule has 0 amide bonds. The van der Waals surface area contributed by atoms with Crippen LogP contribution in [-0.4, -0.2) is 42.3 Å². The molecule has 0 rings (SSSR count). The summed E-state index contributed by atoms with van der Waals surface area (Å²) in [5, 5.41) is 12.4. The number of hydrogen-bond acceptors (Lipinski definition) is 3.